The number of aromatic hydroxyl groups is 1. The maximum atomic E-state index is 11.6. The van der Waals surface area contributed by atoms with E-state index in [2.05, 4.69) is 4.99 Å². The van der Waals surface area contributed by atoms with Crippen LogP contribution in [0, 0.1) is 3.95 Å². The van der Waals surface area contributed by atoms with Gasteiger partial charge in [-0.2, -0.15) is 0 Å². The summed E-state index contributed by atoms with van der Waals surface area (Å²) < 4.78 is 6.40. The minimum Gasteiger partial charge on any atom is -0.497 e. The Morgan fingerprint density at radius 3 is 2.79 bits per heavy atom. The molecule has 0 fully saturated rings. The lowest BCUT2D eigenvalue weighted by Crippen LogP contribution is -2.20. The predicted molar refractivity (Wildman–Crippen MR) is 107 cm³/mol. The highest BCUT2D eigenvalue weighted by Crippen LogP contribution is 2.39. The number of aliphatic carboxylic acids is 2. The average Bonchev–Trinajstić information content (AvgIpc) is 3.16. The summed E-state index contributed by atoms with van der Waals surface area (Å²) >= 11 is 6.26. The van der Waals surface area contributed by atoms with Gasteiger partial charge in [0.1, 0.15) is 11.8 Å². The van der Waals surface area contributed by atoms with E-state index in [1.165, 1.54) is 0 Å². The van der Waals surface area contributed by atoms with Crippen LogP contribution in [0.5, 0.6) is 11.6 Å². The fraction of sp³-hybridized carbons (Fsp3) is 0.222. The summed E-state index contributed by atoms with van der Waals surface area (Å²) in [6.45, 7) is 0. The summed E-state index contributed by atoms with van der Waals surface area (Å²) in [5.41, 5.74) is 2.29. The van der Waals surface area contributed by atoms with Crippen LogP contribution in [-0.4, -0.2) is 45.1 Å². The molecule has 1 aliphatic rings. The lowest BCUT2D eigenvalue weighted by molar-refractivity contribution is -0.142. The van der Waals surface area contributed by atoms with Gasteiger partial charge in [0.2, 0.25) is 5.88 Å². The van der Waals surface area contributed by atoms with Gasteiger partial charge in [-0.1, -0.05) is 0 Å². The van der Waals surface area contributed by atoms with Gasteiger partial charge in [0, 0.05) is 29.8 Å². The Hall–Kier alpha value is -2.98. The Morgan fingerprint density at radius 2 is 2.14 bits per heavy atom. The molecule has 0 saturated carbocycles. The summed E-state index contributed by atoms with van der Waals surface area (Å²) in [5, 5.41) is 28.9. The number of hydrogen-bond acceptors (Lipinski definition) is 7. The molecule has 0 spiro atoms. The van der Waals surface area contributed by atoms with Gasteiger partial charge in [0.25, 0.3) is 0 Å². The lowest BCUT2D eigenvalue weighted by Gasteiger charge is -2.14. The van der Waals surface area contributed by atoms with Gasteiger partial charge in [0.15, 0.2) is 3.95 Å². The SMILES string of the molecule is COc1ccc2c(c1)N=C/C2=C/c1sc(=S)n(C(CCC(=O)O)C(=O)O)c1O. The van der Waals surface area contributed by atoms with Crippen LogP contribution in [-0.2, 0) is 9.59 Å². The van der Waals surface area contributed by atoms with Gasteiger partial charge in [-0.25, -0.2) is 4.79 Å². The minimum atomic E-state index is -1.26. The number of carboxylic acid groups (broad SMARTS) is 2. The third-order valence-corrected chi connectivity index (χ3v) is 5.55. The molecule has 0 bridgehead atoms. The summed E-state index contributed by atoms with van der Waals surface area (Å²) in [5.74, 6) is -2.02. The van der Waals surface area contributed by atoms with Gasteiger partial charge >= 0.3 is 11.9 Å². The standard InChI is InChI=1S/C18H16N2O6S2/c1-26-10-2-3-11-9(8-19-12(11)7-10)6-14-16(23)20(18(27)28-14)13(17(24)25)4-5-15(21)22/h2-3,6-8,13,23H,4-5H2,1H3,(H,21,22)(H,24,25)/b9-6-. The van der Waals surface area contributed by atoms with Crippen molar-refractivity contribution in [1.82, 2.24) is 4.57 Å². The first-order valence-electron chi connectivity index (χ1n) is 8.15. The van der Waals surface area contributed by atoms with Crippen molar-refractivity contribution in [2.24, 2.45) is 4.99 Å². The first kappa shape index (κ1) is 19.8. The van der Waals surface area contributed by atoms with E-state index in [0.29, 0.717) is 10.6 Å². The molecule has 0 amide bonds. The number of aromatic nitrogens is 1. The molecule has 1 unspecified atom stereocenters. The quantitative estimate of drug-likeness (QED) is 0.583. The molecular formula is C18H16N2O6S2. The Balaban J connectivity index is 1.98. The maximum Gasteiger partial charge on any atom is 0.326 e. The van der Waals surface area contributed by atoms with Gasteiger partial charge in [-0.05, 0) is 36.8 Å². The number of thiazole rings is 1. The Labute approximate surface area is 168 Å². The molecule has 2 aromatic rings. The zero-order valence-electron chi connectivity index (χ0n) is 14.7. The third-order valence-electron chi connectivity index (χ3n) is 4.22. The van der Waals surface area contributed by atoms with Gasteiger partial charge in [0.05, 0.1) is 17.7 Å². The number of methoxy groups -OCH3 is 1. The van der Waals surface area contributed by atoms with Crippen molar-refractivity contribution in [3.63, 3.8) is 0 Å². The van der Waals surface area contributed by atoms with Gasteiger partial charge < -0.3 is 20.1 Å². The van der Waals surface area contributed by atoms with Crippen molar-refractivity contribution in [2.75, 3.05) is 7.11 Å². The molecule has 0 saturated heterocycles. The van der Waals surface area contributed by atoms with Crippen molar-refractivity contribution in [3.05, 3.63) is 32.6 Å². The number of aliphatic imine (C=N–C) groups is 1. The number of nitrogens with zero attached hydrogens (tertiary/aromatic N) is 2. The summed E-state index contributed by atoms with van der Waals surface area (Å²) in [6.07, 6.45) is 2.76. The van der Waals surface area contributed by atoms with E-state index >= 15 is 0 Å². The highest BCUT2D eigenvalue weighted by molar-refractivity contribution is 7.73. The lowest BCUT2D eigenvalue weighted by atomic mass is 10.1. The maximum absolute atomic E-state index is 11.6. The van der Waals surface area contributed by atoms with Crippen LogP contribution in [0.2, 0.25) is 0 Å². The molecule has 1 aromatic heterocycles. The van der Waals surface area contributed by atoms with E-state index in [-0.39, 0.29) is 22.7 Å². The molecule has 3 rings (SSSR count). The second kappa shape index (κ2) is 7.95. The zero-order chi connectivity index (χ0) is 20.4. The molecule has 1 aromatic carbocycles. The van der Waals surface area contributed by atoms with Crippen LogP contribution in [0.15, 0.2) is 23.2 Å². The molecule has 1 aliphatic heterocycles. The zero-order valence-corrected chi connectivity index (χ0v) is 16.3. The number of carbonyl (C=O) groups is 2. The van der Waals surface area contributed by atoms with Crippen LogP contribution in [0.4, 0.5) is 5.69 Å². The first-order chi connectivity index (χ1) is 13.3. The molecule has 3 N–H and O–H groups in total. The average molecular weight is 420 g/mol. The Kier molecular flexibility index (Phi) is 5.61. The Morgan fingerprint density at radius 1 is 1.39 bits per heavy atom. The number of hydrogen-bond donors (Lipinski definition) is 3. The highest BCUT2D eigenvalue weighted by atomic mass is 32.1. The van der Waals surface area contributed by atoms with E-state index in [9.17, 15) is 19.8 Å². The minimum absolute atomic E-state index is 0.145. The molecule has 2 heterocycles. The molecule has 8 nitrogen and oxygen atoms in total. The highest BCUT2D eigenvalue weighted by Gasteiger charge is 2.26. The number of benzene rings is 1. The Bertz CT molecular complexity index is 1070. The van der Waals surface area contributed by atoms with Crippen LogP contribution in [0.3, 0.4) is 0 Å². The van der Waals surface area contributed by atoms with E-state index < -0.39 is 18.0 Å². The molecular weight excluding hydrogens is 404 g/mol. The van der Waals surface area contributed by atoms with Gasteiger partial charge in [-0.3, -0.25) is 14.4 Å². The monoisotopic (exact) mass is 420 g/mol. The number of fused-ring (bicyclic) bond motifs is 1. The predicted octanol–water partition coefficient (Wildman–Crippen LogP) is 3.74. The van der Waals surface area contributed by atoms with Crippen LogP contribution in [0.1, 0.15) is 29.3 Å². The smallest absolute Gasteiger partial charge is 0.326 e. The van der Waals surface area contributed by atoms with E-state index in [0.717, 1.165) is 32.7 Å². The van der Waals surface area contributed by atoms with Crippen molar-refractivity contribution < 1.29 is 29.6 Å². The fourth-order valence-electron chi connectivity index (χ4n) is 2.84. The van der Waals surface area contributed by atoms with Crippen LogP contribution < -0.4 is 4.74 Å². The molecule has 1 atom stereocenters. The number of ether oxygens (including phenoxy) is 1. The molecule has 10 heteroatoms. The molecule has 0 radical (unpaired) electrons. The van der Waals surface area contributed by atoms with E-state index in [4.69, 9.17) is 22.1 Å². The number of carboxylic acids is 2. The van der Waals surface area contributed by atoms with Crippen molar-refractivity contribution >= 4 is 59.0 Å². The van der Waals surface area contributed by atoms with E-state index in [1.54, 1.807) is 31.5 Å². The first-order valence-corrected chi connectivity index (χ1v) is 9.37. The summed E-state index contributed by atoms with van der Waals surface area (Å²) in [6, 6.07) is 4.15. The fourth-order valence-corrected chi connectivity index (χ4v) is 4.20. The van der Waals surface area contributed by atoms with Crippen molar-refractivity contribution in [1.29, 1.82) is 0 Å². The largest absolute Gasteiger partial charge is 0.497 e. The van der Waals surface area contributed by atoms with E-state index in [1.807, 2.05) is 6.07 Å². The van der Waals surface area contributed by atoms with Crippen LogP contribution >= 0.6 is 23.6 Å². The summed E-state index contributed by atoms with van der Waals surface area (Å²) in [7, 11) is 1.56. The van der Waals surface area contributed by atoms with Gasteiger partial charge in [-0.15, -0.1) is 11.3 Å². The molecule has 0 aliphatic carbocycles. The number of allylic oxidation sites excluding steroid dienone is 1. The topological polar surface area (TPSA) is 121 Å². The molecule has 146 valence electrons. The van der Waals surface area contributed by atoms with Crippen molar-refractivity contribution in [3.8, 4) is 11.6 Å². The second-order valence-corrected chi connectivity index (χ2v) is 7.63. The number of rotatable bonds is 7. The van der Waals surface area contributed by atoms with Crippen LogP contribution in [0.25, 0.3) is 11.6 Å². The van der Waals surface area contributed by atoms with Crippen molar-refractivity contribution in [2.45, 2.75) is 18.9 Å². The molecule has 28 heavy (non-hydrogen) atoms. The second-order valence-electron chi connectivity index (χ2n) is 5.95. The summed E-state index contributed by atoms with van der Waals surface area (Å²) in [4.78, 5) is 27.1. The third kappa shape index (κ3) is 3.82. The normalized spacial score (nSPS) is 14.8.